The molecule has 0 N–H and O–H groups in total. The molecule has 0 fully saturated rings. The molecule has 0 aromatic heterocycles. The first-order valence-corrected chi connectivity index (χ1v) is 7.67. The summed E-state index contributed by atoms with van der Waals surface area (Å²) in [4.78, 5) is 12.4. The number of carbonyl (C=O) groups excluding carboxylic acids is 1. The van der Waals surface area contributed by atoms with Gasteiger partial charge in [0.25, 0.3) is 0 Å². The van der Waals surface area contributed by atoms with Gasteiger partial charge < -0.3 is 0 Å². The second-order valence-electron chi connectivity index (χ2n) is 5.66. The van der Waals surface area contributed by atoms with Crippen LogP contribution in [0.5, 0.6) is 0 Å². The van der Waals surface area contributed by atoms with Crippen molar-refractivity contribution in [1.82, 2.24) is 0 Å². The molecule has 2 aromatic rings. The van der Waals surface area contributed by atoms with Crippen LogP contribution in [0.25, 0.3) is 0 Å². The zero-order valence-corrected chi connectivity index (χ0v) is 13.5. The van der Waals surface area contributed by atoms with Crippen molar-refractivity contribution >= 4 is 21.7 Å². The van der Waals surface area contributed by atoms with Gasteiger partial charge in [-0.25, -0.2) is 0 Å². The monoisotopic (exact) mass is 328 g/mol. The number of aryl methyl sites for hydroxylation is 2. The fourth-order valence-corrected chi connectivity index (χ4v) is 3.55. The number of hydrogen-bond donors (Lipinski definition) is 0. The van der Waals surface area contributed by atoms with Gasteiger partial charge in [-0.3, -0.25) is 4.79 Å². The third-order valence-electron chi connectivity index (χ3n) is 4.38. The quantitative estimate of drug-likeness (QED) is 0.712. The highest BCUT2D eigenvalue weighted by Gasteiger charge is 2.33. The average molecular weight is 329 g/mol. The summed E-state index contributed by atoms with van der Waals surface area (Å²) in [6.45, 7) is 6.27. The largest absolute Gasteiger partial charge is 0.294 e. The van der Waals surface area contributed by atoms with E-state index in [0.717, 1.165) is 15.6 Å². The zero-order valence-electron chi connectivity index (χ0n) is 12.0. The van der Waals surface area contributed by atoms with Crippen LogP contribution in [0.3, 0.4) is 0 Å². The lowest BCUT2D eigenvalue weighted by atomic mass is 9.88. The summed E-state index contributed by atoms with van der Waals surface area (Å²) in [6.07, 6.45) is 0.599. The molecule has 1 atom stereocenters. The lowest BCUT2D eigenvalue weighted by molar-refractivity contribution is 0.0991. The van der Waals surface area contributed by atoms with E-state index in [-0.39, 0.29) is 11.7 Å². The molecule has 0 radical (unpaired) electrons. The summed E-state index contributed by atoms with van der Waals surface area (Å²) in [5.74, 6) is 0.502. The van der Waals surface area contributed by atoms with Crippen molar-refractivity contribution in [3.63, 3.8) is 0 Å². The van der Waals surface area contributed by atoms with Gasteiger partial charge in [-0.2, -0.15) is 0 Å². The molecule has 2 heteroatoms. The third-order valence-corrected chi connectivity index (χ3v) is 4.91. The first-order chi connectivity index (χ1) is 9.49. The lowest BCUT2D eigenvalue weighted by Crippen LogP contribution is -2.01. The number of halogens is 1. The number of fused-ring (bicyclic) bond motifs is 1. The summed E-state index contributed by atoms with van der Waals surface area (Å²) >= 11 is 3.47. The maximum Gasteiger partial charge on any atom is 0.164 e. The normalized spacial score (nSPS) is 17.4. The van der Waals surface area contributed by atoms with Gasteiger partial charge in [0.05, 0.1) is 0 Å². The molecular weight excluding hydrogens is 312 g/mol. The van der Waals surface area contributed by atoms with Gasteiger partial charge in [0, 0.05) is 22.4 Å². The van der Waals surface area contributed by atoms with E-state index in [4.69, 9.17) is 0 Å². The van der Waals surface area contributed by atoms with Crippen molar-refractivity contribution in [1.29, 1.82) is 0 Å². The highest BCUT2D eigenvalue weighted by atomic mass is 79.9. The number of ketones is 1. The van der Waals surface area contributed by atoms with Gasteiger partial charge >= 0.3 is 0 Å². The van der Waals surface area contributed by atoms with Crippen LogP contribution in [0.4, 0.5) is 0 Å². The summed E-state index contributed by atoms with van der Waals surface area (Å²) in [7, 11) is 0. The van der Waals surface area contributed by atoms with E-state index in [9.17, 15) is 4.79 Å². The Morgan fingerprint density at radius 2 is 1.70 bits per heavy atom. The molecule has 0 saturated heterocycles. The van der Waals surface area contributed by atoms with Crippen LogP contribution in [0.1, 0.15) is 50.5 Å². The number of benzene rings is 2. The van der Waals surface area contributed by atoms with Gasteiger partial charge in [0.15, 0.2) is 5.78 Å². The van der Waals surface area contributed by atoms with Crippen LogP contribution >= 0.6 is 15.9 Å². The maximum absolute atomic E-state index is 12.4. The van der Waals surface area contributed by atoms with Crippen LogP contribution in [-0.4, -0.2) is 5.78 Å². The predicted molar refractivity (Wildman–Crippen MR) is 85.6 cm³/mol. The molecule has 0 amide bonds. The molecule has 0 bridgehead atoms. The van der Waals surface area contributed by atoms with Gasteiger partial charge in [-0.1, -0.05) is 34.1 Å². The highest BCUT2D eigenvalue weighted by molar-refractivity contribution is 9.10. The molecular formula is C18H17BrO. The summed E-state index contributed by atoms with van der Waals surface area (Å²) in [6, 6.07) is 10.5. The molecule has 0 saturated carbocycles. The van der Waals surface area contributed by atoms with E-state index in [1.165, 1.54) is 22.3 Å². The van der Waals surface area contributed by atoms with Gasteiger partial charge in [-0.05, 0) is 60.7 Å². The SMILES string of the molecule is Cc1cc(C)c2c(c1C)C(=O)CC2c1ccc(Br)cc1. The molecule has 1 aliphatic carbocycles. The Hall–Kier alpha value is -1.41. The van der Waals surface area contributed by atoms with Gasteiger partial charge in [0.2, 0.25) is 0 Å². The van der Waals surface area contributed by atoms with Crippen molar-refractivity contribution in [2.24, 2.45) is 0 Å². The van der Waals surface area contributed by atoms with Gasteiger partial charge in [0.1, 0.15) is 0 Å². The topological polar surface area (TPSA) is 17.1 Å². The third kappa shape index (κ3) is 2.03. The van der Waals surface area contributed by atoms with E-state index in [0.29, 0.717) is 6.42 Å². The second kappa shape index (κ2) is 4.85. The van der Waals surface area contributed by atoms with Crippen LogP contribution in [-0.2, 0) is 0 Å². The standard InChI is InChI=1S/C18H17BrO/c1-10-8-11(2)17-15(9-16(20)18(17)12(10)3)13-4-6-14(19)7-5-13/h4-8,15H,9H2,1-3H3. The minimum Gasteiger partial charge on any atom is -0.294 e. The van der Waals surface area contributed by atoms with Crippen molar-refractivity contribution in [2.75, 3.05) is 0 Å². The molecule has 1 unspecified atom stereocenters. The van der Waals surface area contributed by atoms with Crippen LogP contribution in [0, 0.1) is 20.8 Å². The van der Waals surface area contributed by atoms with Crippen LogP contribution < -0.4 is 0 Å². The smallest absolute Gasteiger partial charge is 0.164 e. The van der Waals surface area contributed by atoms with E-state index in [1.54, 1.807) is 0 Å². The number of carbonyl (C=O) groups is 1. The molecule has 0 heterocycles. The van der Waals surface area contributed by atoms with Gasteiger partial charge in [-0.15, -0.1) is 0 Å². The molecule has 3 rings (SSSR count). The number of Topliss-reactive ketones (excluding diaryl/α,β-unsaturated/α-hetero) is 1. The molecule has 0 aliphatic heterocycles. The number of rotatable bonds is 1. The Kier molecular flexibility index (Phi) is 3.29. The lowest BCUT2D eigenvalue weighted by Gasteiger charge is -2.16. The summed E-state index contributed by atoms with van der Waals surface area (Å²) in [5, 5.41) is 0. The second-order valence-corrected chi connectivity index (χ2v) is 6.57. The molecule has 20 heavy (non-hydrogen) atoms. The van der Waals surface area contributed by atoms with E-state index in [2.05, 4.69) is 54.9 Å². The first kappa shape index (κ1) is 13.6. The van der Waals surface area contributed by atoms with Crippen molar-refractivity contribution in [3.8, 4) is 0 Å². The minimum absolute atomic E-state index is 0.213. The fraction of sp³-hybridized carbons (Fsp3) is 0.278. The Labute approximate surface area is 128 Å². The van der Waals surface area contributed by atoms with E-state index in [1.807, 2.05) is 12.1 Å². The Bertz CT molecular complexity index is 698. The molecule has 102 valence electrons. The van der Waals surface area contributed by atoms with E-state index >= 15 is 0 Å². The number of hydrogen-bond acceptors (Lipinski definition) is 1. The van der Waals surface area contributed by atoms with Crippen LogP contribution in [0.15, 0.2) is 34.8 Å². The van der Waals surface area contributed by atoms with Crippen molar-refractivity contribution < 1.29 is 4.79 Å². The molecule has 1 aliphatic rings. The summed E-state index contributed by atoms with van der Waals surface area (Å²) in [5.41, 5.74) is 7.03. The molecule has 1 nitrogen and oxygen atoms in total. The van der Waals surface area contributed by atoms with Crippen molar-refractivity contribution in [3.05, 3.63) is 68.2 Å². The summed E-state index contributed by atoms with van der Waals surface area (Å²) < 4.78 is 1.07. The first-order valence-electron chi connectivity index (χ1n) is 6.88. The Morgan fingerprint density at radius 1 is 1.05 bits per heavy atom. The molecule has 2 aromatic carbocycles. The Balaban J connectivity index is 2.19. The Morgan fingerprint density at radius 3 is 2.35 bits per heavy atom. The van der Waals surface area contributed by atoms with Crippen molar-refractivity contribution in [2.45, 2.75) is 33.1 Å². The highest BCUT2D eigenvalue weighted by Crippen LogP contribution is 2.42. The van der Waals surface area contributed by atoms with Crippen LogP contribution in [0.2, 0.25) is 0 Å². The fourth-order valence-electron chi connectivity index (χ4n) is 3.28. The minimum atomic E-state index is 0.213. The molecule has 0 spiro atoms. The zero-order chi connectivity index (χ0) is 14.4. The maximum atomic E-state index is 12.4. The average Bonchev–Trinajstić information content (AvgIpc) is 2.75. The predicted octanol–water partition coefficient (Wildman–Crippen LogP) is 5.09. The van der Waals surface area contributed by atoms with E-state index < -0.39 is 0 Å².